The fourth-order valence-corrected chi connectivity index (χ4v) is 1.07. The van der Waals surface area contributed by atoms with Crippen molar-refractivity contribution < 1.29 is 14.3 Å². The van der Waals surface area contributed by atoms with Gasteiger partial charge in [-0.1, -0.05) is 0 Å². The van der Waals surface area contributed by atoms with E-state index in [9.17, 15) is 9.59 Å². The first-order valence-corrected chi connectivity index (χ1v) is 3.74. The third kappa shape index (κ3) is 1.55. The zero-order chi connectivity index (χ0) is 9.14. The van der Waals surface area contributed by atoms with Gasteiger partial charge in [-0.25, -0.2) is 4.79 Å². The maximum absolute atomic E-state index is 11.2. The fourth-order valence-electron chi connectivity index (χ4n) is 1.07. The van der Waals surface area contributed by atoms with E-state index >= 15 is 0 Å². The van der Waals surface area contributed by atoms with E-state index in [-0.39, 0.29) is 11.9 Å². The fraction of sp³-hybridized carbons (Fsp3) is 0.714. The molecule has 0 aromatic heterocycles. The average molecular weight is 172 g/mol. The Kier molecular flexibility index (Phi) is 2.65. The minimum Gasteiger partial charge on any atom is -0.385 e. The molecule has 0 aliphatic carbocycles. The van der Waals surface area contributed by atoms with Crippen LogP contribution in [0.2, 0.25) is 0 Å². The highest BCUT2D eigenvalue weighted by molar-refractivity contribution is 6.03. The molecule has 0 aromatic carbocycles. The number of rotatable bonds is 3. The topological polar surface area (TPSA) is 58.6 Å². The number of amides is 3. The third-order valence-electron chi connectivity index (χ3n) is 1.84. The molecular weight excluding hydrogens is 160 g/mol. The van der Waals surface area contributed by atoms with Crippen LogP contribution in [0.5, 0.6) is 0 Å². The van der Waals surface area contributed by atoms with E-state index in [2.05, 4.69) is 5.32 Å². The van der Waals surface area contributed by atoms with Crippen LogP contribution < -0.4 is 5.32 Å². The van der Waals surface area contributed by atoms with Crippen molar-refractivity contribution >= 4 is 11.9 Å². The molecular formula is C7H12N2O3. The van der Waals surface area contributed by atoms with Crippen LogP contribution in [0.4, 0.5) is 4.79 Å². The van der Waals surface area contributed by atoms with Crippen molar-refractivity contribution in [1.29, 1.82) is 0 Å². The van der Waals surface area contributed by atoms with Crippen molar-refractivity contribution in [3.05, 3.63) is 0 Å². The summed E-state index contributed by atoms with van der Waals surface area (Å²) in [5.74, 6) is -0.183. The van der Waals surface area contributed by atoms with Crippen molar-refractivity contribution in [2.24, 2.45) is 0 Å². The molecule has 1 saturated heterocycles. The average Bonchev–Trinajstić information content (AvgIpc) is 2.30. The molecule has 0 aromatic rings. The number of nitrogens with zero attached hydrogens (tertiary/aromatic N) is 1. The third-order valence-corrected chi connectivity index (χ3v) is 1.84. The number of hydrogen-bond acceptors (Lipinski definition) is 3. The second-order valence-corrected chi connectivity index (χ2v) is 2.68. The number of carbonyl (C=O) groups excluding carboxylic acids is 2. The highest BCUT2D eigenvalue weighted by Crippen LogP contribution is 2.06. The molecule has 1 aliphatic heterocycles. The van der Waals surface area contributed by atoms with Crippen LogP contribution in [0.15, 0.2) is 0 Å². The Labute approximate surface area is 70.7 Å². The lowest BCUT2D eigenvalue weighted by molar-refractivity contribution is -0.126. The predicted octanol–water partition coefficient (Wildman–Crippen LogP) is -0.427. The smallest absolute Gasteiger partial charge is 0.324 e. The van der Waals surface area contributed by atoms with E-state index in [1.807, 2.05) is 0 Å². The lowest BCUT2D eigenvalue weighted by Crippen LogP contribution is -2.30. The first-order chi connectivity index (χ1) is 5.66. The molecule has 1 N–H and O–H groups in total. The zero-order valence-electron chi connectivity index (χ0n) is 7.16. The van der Waals surface area contributed by atoms with Crippen LogP contribution in [-0.4, -0.2) is 43.6 Å². The van der Waals surface area contributed by atoms with E-state index in [4.69, 9.17) is 4.74 Å². The van der Waals surface area contributed by atoms with Crippen LogP contribution >= 0.6 is 0 Å². The van der Waals surface area contributed by atoms with Gasteiger partial charge in [-0.05, 0) is 0 Å². The van der Waals surface area contributed by atoms with Crippen LogP contribution in [0.1, 0.15) is 6.42 Å². The summed E-state index contributed by atoms with van der Waals surface area (Å²) in [6, 6.07) is -0.733. The largest absolute Gasteiger partial charge is 0.385 e. The summed E-state index contributed by atoms with van der Waals surface area (Å²) in [5, 5.41) is 2.55. The summed E-state index contributed by atoms with van der Waals surface area (Å²) in [7, 11) is 3.02. The predicted molar refractivity (Wildman–Crippen MR) is 41.6 cm³/mol. The number of hydrogen-bond donors (Lipinski definition) is 1. The first kappa shape index (κ1) is 8.99. The summed E-state index contributed by atoms with van der Waals surface area (Å²) in [5.41, 5.74) is 0. The van der Waals surface area contributed by atoms with Gasteiger partial charge in [0.05, 0.1) is 0 Å². The van der Waals surface area contributed by atoms with Gasteiger partial charge >= 0.3 is 6.03 Å². The number of nitrogens with one attached hydrogen (secondary N) is 1. The molecule has 5 nitrogen and oxygen atoms in total. The zero-order valence-corrected chi connectivity index (χ0v) is 7.16. The minimum absolute atomic E-state index is 0.183. The van der Waals surface area contributed by atoms with Gasteiger partial charge in [-0.3, -0.25) is 9.69 Å². The van der Waals surface area contributed by atoms with Gasteiger partial charge in [-0.15, -0.1) is 0 Å². The summed E-state index contributed by atoms with van der Waals surface area (Å²) in [6.07, 6.45) is 0.533. The van der Waals surface area contributed by atoms with Gasteiger partial charge < -0.3 is 10.1 Å². The summed E-state index contributed by atoms with van der Waals surface area (Å²) in [4.78, 5) is 23.2. The number of urea groups is 1. The van der Waals surface area contributed by atoms with Crippen molar-refractivity contribution in [3.63, 3.8) is 0 Å². The van der Waals surface area contributed by atoms with Crippen LogP contribution in [-0.2, 0) is 9.53 Å². The molecule has 1 aliphatic rings. The molecule has 0 radical (unpaired) electrons. The second-order valence-electron chi connectivity index (χ2n) is 2.68. The van der Waals surface area contributed by atoms with E-state index in [0.717, 1.165) is 4.90 Å². The Bertz CT molecular complexity index is 205. The minimum atomic E-state index is -0.401. The SMILES string of the molecule is COCCC1NC(=O)N(C)C1=O. The standard InChI is InChI=1S/C7H12N2O3/c1-9-6(10)5(3-4-12-2)8-7(9)11/h5H,3-4H2,1-2H3,(H,8,11). The molecule has 1 fully saturated rings. The number of carbonyl (C=O) groups is 2. The lowest BCUT2D eigenvalue weighted by Gasteiger charge is -2.05. The van der Waals surface area contributed by atoms with Gasteiger partial charge in [0.25, 0.3) is 5.91 Å². The van der Waals surface area contributed by atoms with Gasteiger partial charge in [0.2, 0.25) is 0 Å². The summed E-state index contributed by atoms with van der Waals surface area (Å²) >= 11 is 0. The second kappa shape index (κ2) is 3.53. The molecule has 68 valence electrons. The van der Waals surface area contributed by atoms with Crippen molar-refractivity contribution in [2.45, 2.75) is 12.5 Å². The number of methoxy groups -OCH3 is 1. The molecule has 0 bridgehead atoms. The van der Waals surface area contributed by atoms with E-state index in [0.29, 0.717) is 13.0 Å². The lowest BCUT2D eigenvalue weighted by atomic mass is 10.2. The molecule has 1 rings (SSSR count). The Morgan fingerprint density at radius 1 is 1.58 bits per heavy atom. The summed E-state index contributed by atoms with van der Waals surface area (Å²) in [6.45, 7) is 0.477. The number of likely N-dealkylation sites (N-methyl/N-ethyl adjacent to an activating group) is 1. The van der Waals surface area contributed by atoms with Gasteiger partial charge in [0, 0.05) is 27.2 Å². The molecule has 1 heterocycles. The van der Waals surface area contributed by atoms with Gasteiger partial charge in [0.15, 0.2) is 0 Å². The highest BCUT2D eigenvalue weighted by atomic mass is 16.5. The molecule has 0 spiro atoms. The van der Waals surface area contributed by atoms with Crippen LogP contribution in [0.25, 0.3) is 0 Å². The van der Waals surface area contributed by atoms with Crippen molar-refractivity contribution in [3.8, 4) is 0 Å². The maximum atomic E-state index is 11.2. The van der Waals surface area contributed by atoms with Gasteiger partial charge in [-0.2, -0.15) is 0 Å². The van der Waals surface area contributed by atoms with Crippen molar-refractivity contribution in [2.75, 3.05) is 20.8 Å². The van der Waals surface area contributed by atoms with E-state index < -0.39 is 6.04 Å². The first-order valence-electron chi connectivity index (χ1n) is 3.74. The number of ether oxygens (including phenoxy) is 1. The Morgan fingerprint density at radius 3 is 2.67 bits per heavy atom. The molecule has 1 atom stereocenters. The number of imide groups is 1. The monoisotopic (exact) mass is 172 g/mol. The molecule has 12 heavy (non-hydrogen) atoms. The van der Waals surface area contributed by atoms with E-state index in [1.165, 1.54) is 7.05 Å². The molecule has 3 amide bonds. The van der Waals surface area contributed by atoms with Crippen molar-refractivity contribution in [1.82, 2.24) is 10.2 Å². The van der Waals surface area contributed by atoms with Gasteiger partial charge in [0.1, 0.15) is 6.04 Å². The highest BCUT2D eigenvalue weighted by Gasteiger charge is 2.34. The van der Waals surface area contributed by atoms with Crippen LogP contribution in [0.3, 0.4) is 0 Å². The summed E-state index contributed by atoms with van der Waals surface area (Å²) < 4.78 is 4.80. The Hall–Kier alpha value is -1.10. The molecule has 5 heteroatoms. The molecule has 1 unspecified atom stereocenters. The Balaban J connectivity index is 2.47. The van der Waals surface area contributed by atoms with Crippen LogP contribution in [0, 0.1) is 0 Å². The maximum Gasteiger partial charge on any atom is 0.324 e. The Morgan fingerprint density at radius 2 is 2.25 bits per heavy atom. The quantitative estimate of drug-likeness (QED) is 0.588. The molecule has 0 saturated carbocycles. The normalized spacial score (nSPS) is 23.2. The van der Waals surface area contributed by atoms with E-state index in [1.54, 1.807) is 7.11 Å².